The molecule has 3 heteroatoms. The molecular formula is C10H9ClOS. The molecule has 0 aliphatic rings. The fourth-order valence-electron chi connectivity index (χ4n) is 0.917. The summed E-state index contributed by atoms with van der Waals surface area (Å²) in [4.78, 5) is 12.1. The Morgan fingerprint density at radius 1 is 1.77 bits per heavy atom. The maximum atomic E-state index is 11.5. The number of carbonyl (C=O) groups is 1. The topological polar surface area (TPSA) is 17.1 Å². The van der Waals surface area contributed by atoms with E-state index in [1.54, 1.807) is 0 Å². The molecule has 1 aromatic heterocycles. The molecule has 0 amide bonds. The summed E-state index contributed by atoms with van der Waals surface area (Å²) in [5, 5.41) is 2.46. The predicted molar refractivity (Wildman–Crippen MR) is 56.5 cm³/mol. The Kier molecular flexibility index (Phi) is 3.53. The Morgan fingerprint density at radius 2 is 2.46 bits per heavy atom. The van der Waals surface area contributed by atoms with Crippen LogP contribution in [0.15, 0.2) is 5.38 Å². The Balaban J connectivity index is 2.78. The van der Waals surface area contributed by atoms with E-state index in [1.807, 2.05) is 12.3 Å². The van der Waals surface area contributed by atoms with Crippen LogP contribution < -0.4 is 0 Å². The first-order chi connectivity index (χ1) is 6.16. The Hall–Kier alpha value is -0.780. The van der Waals surface area contributed by atoms with Crippen LogP contribution in [-0.4, -0.2) is 5.78 Å². The second-order valence-electron chi connectivity index (χ2n) is 2.69. The minimum atomic E-state index is 0.0426. The number of terminal acetylenes is 1. The number of thiophene rings is 1. The molecule has 0 unspecified atom stereocenters. The van der Waals surface area contributed by atoms with Gasteiger partial charge in [0.25, 0.3) is 0 Å². The van der Waals surface area contributed by atoms with E-state index in [2.05, 4.69) is 5.92 Å². The molecule has 0 saturated carbocycles. The Bertz CT molecular complexity index is 359. The van der Waals surface area contributed by atoms with E-state index in [1.165, 1.54) is 11.3 Å². The molecule has 0 saturated heterocycles. The van der Waals surface area contributed by atoms with Gasteiger partial charge in [0.2, 0.25) is 0 Å². The molecule has 1 aromatic rings. The van der Waals surface area contributed by atoms with Gasteiger partial charge in [-0.2, -0.15) is 0 Å². The zero-order chi connectivity index (χ0) is 9.84. The van der Waals surface area contributed by atoms with Gasteiger partial charge in [-0.3, -0.25) is 4.79 Å². The number of hydrogen-bond donors (Lipinski definition) is 0. The molecule has 0 bridgehead atoms. The van der Waals surface area contributed by atoms with Crippen molar-refractivity contribution < 1.29 is 4.79 Å². The number of Topliss-reactive ketones (excluding diaryl/α,β-unsaturated/α-hetero) is 1. The summed E-state index contributed by atoms with van der Waals surface area (Å²) in [7, 11) is 0. The standard InChI is InChI=1S/C10H9ClOS/c1-3-4-5-8(12)10-9(11)7(2)6-13-10/h1,6H,4-5H2,2H3. The van der Waals surface area contributed by atoms with E-state index in [9.17, 15) is 4.79 Å². The van der Waals surface area contributed by atoms with Gasteiger partial charge < -0.3 is 0 Å². The lowest BCUT2D eigenvalue weighted by atomic mass is 10.2. The summed E-state index contributed by atoms with van der Waals surface area (Å²) in [5.74, 6) is 2.48. The zero-order valence-electron chi connectivity index (χ0n) is 7.26. The average Bonchev–Trinajstić information content (AvgIpc) is 2.44. The highest BCUT2D eigenvalue weighted by atomic mass is 35.5. The molecular weight excluding hydrogens is 204 g/mol. The summed E-state index contributed by atoms with van der Waals surface area (Å²) >= 11 is 7.31. The van der Waals surface area contributed by atoms with Crippen LogP contribution in [0.2, 0.25) is 5.02 Å². The molecule has 68 valence electrons. The maximum absolute atomic E-state index is 11.5. The predicted octanol–water partition coefficient (Wildman–Crippen LogP) is 3.31. The van der Waals surface area contributed by atoms with Gasteiger partial charge in [0.15, 0.2) is 5.78 Å². The van der Waals surface area contributed by atoms with Gasteiger partial charge in [0.05, 0.1) is 9.90 Å². The summed E-state index contributed by atoms with van der Waals surface area (Å²) in [5.41, 5.74) is 0.954. The molecule has 1 heterocycles. The summed E-state index contributed by atoms with van der Waals surface area (Å²) in [6.07, 6.45) is 5.93. The lowest BCUT2D eigenvalue weighted by Crippen LogP contribution is -1.95. The molecule has 0 spiro atoms. The fraction of sp³-hybridized carbons (Fsp3) is 0.300. The van der Waals surface area contributed by atoms with Gasteiger partial charge in [-0.15, -0.1) is 23.7 Å². The van der Waals surface area contributed by atoms with Crippen molar-refractivity contribution in [2.45, 2.75) is 19.8 Å². The number of ketones is 1. The van der Waals surface area contributed by atoms with Gasteiger partial charge in [0, 0.05) is 12.8 Å². The number of halogens is 1. The van der Waals surface area contributed by atoms with Crippen LogP contribution in [0.5, 0.6) is 0 Å². The van der Waals surface area contributed by atoms with E-state index < -0.39 is 0 Å². The molecule has 0 fully saturated rings. The first-order valence-corrected chi connectivity index (χ1v) is 5.13. The molecule has 0 atom stereocenters. The van der Waals surface area contributed by atoms with Crippen molar-refractivity contribution in [2.75, 3.05) is 0 Å². The van der Waals surface area contributed by atoms with Crippen LogP contribution in [0.25, 0.3) is 0 Å². The summed E-state index contributed by atoms with van der Waals surface area (Å²) in [6, 6.07) is 0. The second-order valence-corrected chi connectivity index (χ2v) is 3.95. The third-order valence-electron chi connectivity index (χ3n) is 1.65. The second kappa shape index (κ2) is 4.45. The minimum Gasteiger partial charge on any atom is -0.293 e. The highest BCUT2D eigenvalue weighted by molar-refractivity contribution is 7.13. The van der Waals surface area contributed by atoms with Gasteiger partial charge in [-0.1, -0.05) is 11.6 Å². The lowest BCUT2D eigenvalue weighted by molar-refractivity contribution is 0.0988. The Morgan fingerprint density at radius 3 is 2.92 bits per heavy atom. The van der Waals surface area contributed by atoms with Crippen molar-refractivity contribution in [3.8, 4) is 12.3 Å². The molecule has 1 nitrogen and oxygen atoms in total. The maximum Gasteiger partial charge on any atom is 0.175 e. The molecule has 0 N–H and O–H groups in total. The summed E-state index contributed by atoms with van der Waals surface area (Å²) < 4.78 is 0. The number of rotatable bonds is 3. The van der Waals surface area contributed by atoms with Crippen LogP contribution in [-0.2, 0) is 0 Å². The summed E-state index contributed by atoms with van der Waals surface area (Å²) in [6.45, 7) is 1.89. The van der Waals surface area contributed by atoms with Crippen molar-refractivity contribution in [3.05, 3.63) is 20.8 Å². The van der Waals surface area contributed by atoms with E-state index >= 15 is 0 Å². The van der Waals surface area contributed by atoms with E-state index in [4.69, 9.17) is 18.0 Å². The van der Waals surface area contributed by atoms with Crippen LogP contribution in [0.3, 0.4) is 0 Å². The fourth-order valence-corrected chi connectivity index (χ4v) is 2.19. The Labute approximate surface area is 86.7 Å². The highest BCUT2D eigenvalue weighted by Crippen LogP contribution is 2.28. The number of hydrogen-bond acceptors (Lipinski definition) is 2. The first-order valence-electron chi connectivity index (χ1n) is 3.87. The van der Waals surface area contributed by atoms with Gasteiger partial charge in [-0.25, -0.2) is 0 Å². The quantitative estimate of drug-likeness (QED) is 0.555. The molecule has 13 heavy (non-hydrogen) atoms. The molecule has 0 radical (unpaired) electrons. The van der Waals surface area contributed by atoms with Crippen molar-refractivity contribution in [2.24, 2.45) is 0 Å². The number of carbonyl (C=O) groups excluding carboxylic acids is 1. The van der Waals surface area contributed by atoms with Gasteiger partial charge in [0.1, 0.15) is 0 Å². The molecule has 0 aliphatic carbocycles. The van der Waals surface area contributed by atoms with Crippen molar-refractivity contribution in [1.82, 2.24) is 0 Å². The van der Waals surface area contributed by atoms with Crippen molar-refractivity contribution in [3.63, 3.8) is 0 Å². The van der Waals surface area contributed by atoms with E-state index in [-0.39, 0.29) is 5.78 Å². The SMILES string of the molecule is C#CCCC(=O)c1scc(C)c1Cl. The van der Waals surface area contributed by atoms with Crippen molar-refractivity contribution >= 4 is 28.7 Å². The van der Waals surface area contributed by atoms with Crippen LogP contribution in [0, 0.1) is 19.3 Å². The average molecular weight is 213 g/mol. The van der Waals surface area contributed by atoms with Crippen molar-refractivity contribution in [1.29, 1.82) is 0 Å². The van der Waals surface area contributed by atoms with E-state index in [0.717, 1.165) is 5.56 Å². The zero-order valence-corrected chi connectivity index (χ0v) is 8.84. The van der Waals surface area contributed by atoms with E-state index in [0.29, 0.717) is 22.7 Å². The van der Waals surface area contributed by atoms with Gasteiger partial charge >= 0.3 is 0 Å². The third kappa shape index (κ3) is 2.33. The molecule has 0 aromatic carbocycles. The first kappa shape index (κ1) is 10.3. The number of aryl methyl sites for hydroxylation is 1. The molecule has 0 aliphatic heterocycles. The normalized spacial score (nSPS) is 9.62. The largest absolute Gasteiger partial charge is 0.293 e. The van der Waals surface area contributed by atoms with Crippen LogP contribution in [0.1, 0.15) is 28.1 Å². The molecule has 1 rings (SSSR count). The minimum absolute atomic E-state index is 0.0426. The third-order valence-corrected chi connectivity index (χ3v) is 3.39. The lowest BCUT2D eigenvalue weighted by Gasteiger charge is -1.94. The monoisotopic (exact) mass is 212 g/mol. The smallest absolute Gasteiger partial charge is 0.175 e. The van der Waals surface area contributed by atoms with Crippen LogP contribution in [0.4, 0.5) is 0 Å². The van der Waals surface area contributed by atoms with Crippen LogP contribution >= 0.6 is 22.9 Å². The van der Waals surface area contributed by atoms with Gasteiger partial charge in [-0.05, 0) is 17.9 Å². The highest BCUT2D eigenvalue weighted by Gasteiger charge is 2.13.